The van der Waals surface area contributed by atoms with E-state index in [0.29, 0.717) is 51.5 Å². The van der Waals surface area contributed by atoms with Gasteiger partial charge in [0, 0.05) is 45.8 Å². The topological polar surface area (TPSA) is 44.7 Å². The first-order chi connectivity index (χ1) is 14.0. The third-order valence-electron chi connectivity index (χ3n) is 5.38. The van der Waals surface area contributed by atoms with Gasteiger partial charge in [0.25, 0.3) is 0 Å². The maximum Gasteiger partial charge on any atom is 0.416 e. The lowest BCUT2D eigenvalue weighted by Crippen LogP contribution is -2.46. The molecule has 0 saturated carbocycles. The van der Waals surface area contributed by atoms with E-state index in [9.17, 15) is 13.2 Å². The van der Waals surface area contributed by atoms with Crippen molar-refractivity contribution in [2.24, 2.45) is 0 Å². The number of nitrogens with zero attached hydrogens (tertiary/aromatic N) is 5. The summed E-state index contributed by atoms with van der Waals surface area (Å²) in [6, 6.07) is 9.74. The van der Waals surface area contributed by atoms with Crippen LogP contribution in [0, 0.1) is 0 Å². The number of benzene rings is 1. The summed E-state index contributed by atoms with van der Waals surface area (Å²) in [5.74, 6) is 1.65. The minimum atomic E-state index is -4.32. The van der Waals surface area contributed by atoms with Gasteiger partial charge in [-0.15, -0.1) is 10.2 Å². The molecule has 0 atom stereocenters. The molecule has 6 nitrogen and oxygen atoms in total. The van der Waals surface area contributed by atoms with E-state index in [-0.39, 0.29) is 0 Å². The first-order valence-electron chi connectivity index (χ1n) is 9.79. The normalized spacial score (nSPS) is 18.9. The average molecular weight is 407 g/mol. The Morgan fingerprint density at radius 3 is 1.97 bits per heavy atom. The standard InChI is InChI=1S/C20H24F3N5O/c21-20(22,23)17-4-2-1-3-16(17)15-26-7-9-27(10-8-26)18-5-6-19(25-24-18)28-11-13-29-14-12-28/h1-6H,7-15H2. The van der Waals surface area contributed by atoms with Crippen molar-refractivity contribution in [3.8, 4) is 0 Å². The second-order valence-corrected chi connectivity index (χ2v) is 7.27. The van der Waals surface area contributed by atoms with Crippen LogP contribution in [0.15, 0.2) is 36.4 Å². The van der Waals surface area contributed by atoms with Crippen LogP contribution in [0.4, 0.5) is 24.8 Å². The zero-order chi connectivity index (χ0) is 20.3. The molecule has 2 saturated heterocycles. The minimum Gasteiger partial charge on any atom is -0.378 e. The second-order valence-electron chi connectivity index (χ2n) is 7.27. The molecule has 2 aliphatic heterocycles. The number of morpholine rings is 1. The summed E-state index contributed by atoms with van der Waals surface area (Å²) in [6.07, 6.45) is -4.32. The number of anilines is 2. The molecule has 2 aromatic rings. The summed E-state index contributed by atoms with van der Waals surface area (Å²) < 4.78 is 45.0. The van der Waals surface area contributed by atoms with Crippen molar-refractivity contribution in [1.29, 1.82) is 0 Å². The van der Waals surface area contributed by atoms with Gasteiger partial charge in [-0.2, -0.15) is 13.2 Å². The van der Waals surface area contributed by atoms with Crippen molar-refractivity contribution < 1.29 is 17.9 Å². The van der Waals surface area contributed by atoms with Crippen LogP contribution in [-0.4, -0.2) is 67.6 Å². The van der Waals surface area contributed by atoms with E-state index < -0.39 is 11.7 Å². The fourth-order valence-corrected chi connectivity index (χ4v) is 3.76. The lowest BCUT2D eigenvalue weighted by atomic mass is 10.1. The third-order valence-corrected chi connectivity index (χ3v) is 5.38. The van der Waals surface area contributed by atoms with Crippen molar-refractivity contribution in [2.75, 3.05) is 62.3 Å². The highest BCUT2D eigenvalue weighted by molar-refractivity contribution is 5.45. The number of piperazine rings is 1. The lowest BCUT2D eigenvalue weighted by molar-refractivity contribution is -0.138. The predicted molar refractivity (Wildman–Crippen MR) is 104 cm³/mol. The predicted octanol–water partition coefficient (Wildman–Crippen LogP) is 2.65. The molecule has 0 spiro atoms. The monoisotopic (exact) mass is 407 g/mol. The molecule has 0 unspecified atom stereocenters. The number of halogens is 3. The Bertz CT molecular complexity index is 801. The van der Waals surface area contributed by atoms with Crippen LogP contribution < -0.4 is 9.80 Å². The smallest absolute Gasteiger partial charge is 0.378 e. The molecule has 156 valence electrons. The quantitative estimate of drug-likeness (QED) is 0.777. The Morgan fingerprint density at radius 1 is 0.793 bits per heavy atom. The highest BCUT2D eigenvalue weighted by Gasteiger charge is 2.33. The van der Waals surface area contributed by atoms with Gasteiger partial charge in [0.2, 0.25) is 0 Å². The average Bonchev–Trinajstić information content (AvgIpc) is 2.75. The Labute approximate surface area is 167 Å². The number of hydrogen-bond donors (Lipinski definition) is 0. The van der Waals surface area contributed by atoms with E-state index in [2.05, 4.69) is 24.9 Å². The Hall–Kier alpha value is -2.39. The molecule has 1 aromatic carbocycles. The molecule has 0 radical (unpaired) electrons. The van der Waals surface area contributed by atoms with E-state index >= 15 is 0 Å². The molecule has 9 heteroatoms. The van der Waals surface area contributed by atoms with E-state index in [4.69, 9.17) is 4.74 Å². The summed E-state index contributed by atoms with van der Waals surface area (Å²) in [4.78, 5) is 6.33. The fourth-order valence-electron chi connectivity index (χ4n) is 3.76. The Morgan fingerprint density at radius 2 is 1.38 bits per heavy atom. The molecule has 2 aliphatic rings. The van der Waals surface area contributed by atoms with Gasteiger partial charge in [0.1, 0.15) is 0 Å². The molecular formula is C20H24F3N5O. The van der Waals surface area contributed by atoms with Gasteiger partial charge in [0.15, 0.2) is 11.6 Å². The van der Waals surface area contributed by atoms with Crippen molar-refractivity contribution in [3.05, 3.63) is 47.5 Å². The summed E-state index contributed by atoms with van der Waals surface area (Å²) >= 11 is 0. The van der Waals surface area contributed by atoms with Crippen molar-refractivity contribution >= 4 is 11.6 Å². The van der Waals surface area contributed by atoms with Crippen LogP contribution in [0.1, 0.15) is 11.1 Å². The van der Waals surface area contributed by atoms with Crippen LogP contribution in [0.2, 0.25) is 0 Å². The van der Waals surface area contributed by atoms with E-state index in [1.807, 2.05) is 12.1 Å². The van der Waals surface area contributed by atoms with Gasteiger partial charge in [-0.1, -0.05) is 18.2 Å². The van der Waals surface area contributed by atoms with Gasteiger partial charge in [-0.05, 0) is 23.8 Å². The fraction of sp³-hybridized carbons (Fsp3) is 0.500. The summed E-state index contributed by atoms with van der Waals surface area (Å²) in [7, 11) is 0. The zero-order valence-electron chi connectivity index (χ0n) is 16.1. The van der Waals surface area contributed by atoms with Crippen LogP contribution in [0.25, 0.3) is 0 Å². The summed E-state index contributed by atoms with van der Waals surface area (Å²) in [6.45, 7) is 6.09. The van der Waals surface area contributed by atoms with Gasteiger partial charge in [0.05, 0.1) is 18.8 Å². The number of hydrogen-bond acceptors (Lipinski definition) is 6. The second kappa shape index (κ2) is 8.54. The van der Waals surface area contributed by atoms with Gasteiger partial charge in [-0.3, -0.25) is 4.90 Å². The van der Waals surface area contributed by atoms with E-state index in [1.54, 1.807) is 12.1 Å². The van der Waals surface area contributed by atoms with Crippen LogP contribution >= 0.6 is 0 Å². The van der Waals surface area contributed by atoms with Crippen LogP contribution in [0.3, 0.4) is 0 Å². The highest BCUT2D eigenvalue weighted by atomic mass is 19.4. The Balaban J connectivity index is 1.34. The lowest BCUT2D eigenvalue weighted by Gasteiger charge is -2.35. The summed E-state index contributed by atoms with van der Waals surface area (Å²) in [5, 5.41) is 8.70. The van der Waals surface area contributed by atoms with Crippen LogP contribution in [0.5, 0.6) is 0 Å². The number of rotatable bonds is 4. The molecule has 29 heavy (non-hydrogen) atoms. The number of aromatic nitrogens is 2. The zero-order valence-corrected chi connectivity index (χ0v) is 16.1. The highest BCUT2D eigenvalue weighted by Crippen LogP contribution is 2.32. The van der Waals surface area contributed by atoms with Crippen molar-refractivity contribution in [2.45, 2.75) is 12.7 Å². The molecular weight excluding hydrogens is 383 g/mol. The van der Waals surface area contributed by atoms with Gasteiger partial charge in [-0.25, -0.2) is 0 Å². The Kier molecular flexibility index (Phi) is 5.86. The van der Waals surface area contributed by atoms with E-state index in [0.717, 1.165) is 30.8 Å². The largest absolute Gasteiger partial charge is 0.416 e. The first-order valence-corrected chi connectivity index (χ1v) is 9.79. The maximum absolute atomic E-state index is 13.2. The molecule has 1 aromatic heterocycles. The maximum atomic E-state index is 13.2. The third kappa shape index (κ3) is 4.79. The van der Waals surface area contributed by atoms with Crippen molar-refractivity contribution in [3.63, 3.8) is 0 Å². The minimum absolute atomic E-state index is 0.297. The van der Waals surface area contributed by atoms with Crippen LogP contribution in [-0.2, 0) is 17.5 Å². The molecule has 0 bridgehead atoms. The molecule has 2 fully saturated rings. The van der Waals surface area contributed by atoms with Gasteiger partial charge < -0.3 is 14.5 Å². The van der Waals surface area contributed by atoms with Gasteiger partial charge >= 0.3 is 6.18 Å². The molecule has 0 N–H and O–H groups in total. The summed E-state index contributed by atoms with van der Waals surface area (Å²) in [5.41, 5.74) is -0.227. The van der Waals surface area contributed by atoms with E-state index in [1.165, 1.54) is 6.07 Å². The molecule has 0 aliphatic carbocycles. The first kappa shape index (κ1) is 19.9. The SMILES string of the molecule is FC(F)(F)c1ccccc1CN1CCN(c2ccc(N3CCOCC3)nn2)CC1. The van der Waals surface area contributed by atoms with Crippen molar-refractivity contribution in [1.82, 2.24) is 15.1 Å². The molecule has 0 amide bonds. The molecule has 3 heterocycles. The number of alkyl halides is 3. The number of ether oxygens (including phenoxy) is 1. The molecule has 4 rings (SSSR count).